The predicted octanol–water partition coefficient (Wildman–Crippen LogP) is 3.07. The molecule has 100 valence electrons. The summed E-state index contributed by atoms with van der Waals surface area (Å²) in [6, 6.07) is 2.91. The molecule has 0 bridgehead atoms. The van der Waals surface area contributed by atoms with E-state index < -0.39 is 24.2 Å². The largest absolute Gasteiger partial charge is 0.573 e. The number of carboxylic acid groups (broad SMARTS) is 1. The van der Waals surface area contributed by atoms with Crippen LogP contribution in [0.3, 0.4) is 0 Å². The minimum absolute atomic E-state index is 0.180. The molecule has 7 heteroatoms. The van der Waals surface area contributed by atoms with Gasteiger partial charge < -0.3 is 14.6 Å². The van der Waals surface area contributed by atoms with E-state index >= 15 is 0 Å². The van der Waals surface area contributed by atoms with Gasteiger partial charge in [0.1, 0.15) is 0 Å². The van der Waals surface area contributed by atoms with Gasteiger partial charge in [-0.25, -0.2) is 4.79 Å². The van der Waals surface area contributed by atoms with Gasteiger partial charge in [-0.1, -0.05) is 0 Å². The zero-order valence-electron chi connectivity index (χ0n) is 9.62. The van der Waals surface area contributed by atoms with Crippen molar-refractivity contribution in [1.82, 2.24) is 0 Å². The molecule has 1 aromatic rings. The number of benzene rings is 1. The van der Waals surface area contributed by atoms with Crippen LogP contribution in [0.1, 0.15) is 24.2 Å². The molecule has 0 aromatic heterocycles. The Labute approximate surface area is 101 Å². The first kappa shape index (κ1) is 14.1. The van der Waals surface area contributed by atoms with Crippen LogP contribution < -0.4 is 9.47 Å². The number of rotatable bonds is 4. The van der Waals surface area contributed by atoms with Gasteiger partial charge in [-0.2, -0.15) is 0 Å². The smallest absolute Gasteiger partial charge is 0.487 e. The van der Waals surface area contributed by atoms with Crippen molar-refractivity contribution in [2.24, 2.45) is 0 Å². The first-order valence-electron chi connectivity index (χ1n) is 4.99. The van der Waals surface area contributed by atoms with E-state index in [0.29, 0.717) is 0 Å². The SMILES string of the molecule is CC(C)Oc1cc(C(=O)O)ccc1OC(F)(F)F. The molecule has 0 saturated carbocycles. The van der Waals surface area contributed by atoms with E-state index in [0.717, 1.165) is 18.2 Å². The Bertz CT molecular complexity index is 440. The van der Waals surface area contributed by atoms with E-state index in [-0.39, 0.29) is 11.3 Å². The second-order valence-electron chi connectivity index (χ2n) is 3.68. The lowest BCUT2D eigenvalue weighted by molar-refractivity contribution is -0.275. The normalized spacial score (nSPS) is 11.4. The van der Waals surface area contributed by atoms with E-state index in [1.165, 1.54) is 0 Å². The Morgan fingerprint density at radius 3 is 2.33 bits per heavy atom. The Morgan fingerprint density at radius 2 is 1.89 bits per heavy atom. The van der Waals surface area contributed by atoms with E-state index in [4.69, 9.17) is 9.84 Å². The highest BCUT2D eigenvalue weighted by Gasteiger charge is 2.32. The van der Waals surface area contributed by atoms with Crippen molar-refractivity contribution in [3.8, 4) is 11.5 Å². The highest BCUT2D eigenvalue weighted by molar-refractivity contribution is 5.88. The number of carboxylic acids is 1. The predicted molar refractivity (Wildman–Crippen MR) is 55.8 cm³/mol. The van der Waals surface area contributed by atoms with E-state index in [9.17, 15) is 18.0 Å². The van der Waals surface area contributed by atoms with Gasteiger partial charge in [-0.15, -0.1) is 13.2 Å². The van der Waals surface area contributed by atoms with Crippen molar-refractivity contribution in [3.63, 3.8) is 0 Å². The van der Waals surface area contributed by atoms with Gasteiger partial charge in [0, 0.05) is 0 Å². The van der Waals surface area contributed by atoms with Crippen molar-refractivity contribution in [1.29, 1.82) is 0 Å². The molecule has 0 spiro atoms. The standard InChI is InChI=1S/C11H11F3O4/c1-6(2)17-9-5-7(10(15)16)3-4-8(9)18-11(12,13)14/h3-6H,1-2H3,(H,15,16). The average Bonchev–Trinajstić information content (AvgIpc) is 2.17. The van der Waals surface area contributed by atoms with Gasteiger partial charge in [0.2, 0.25) is 0 Å². The second-order valence-corrected chi connectivity index (χ2v) is 3.68. The highest BCUT2D eigenvalue weighted by atomic mass is 19.4. The maximum absolute atomic E-state index is 12.1. The van der Waals surface area contributed by atoms with Crippen molar-refractivity contribution in [2.75, 3.05) is 0 Å². The molecule has 0 aliphatic rings. The Balaban J connectivity index is 3.12. The zero-order valence-corrected chi connectivity index (χ0v) is 9.62. The van der Waals surface area contributed by atoms with Crippen LogP contribution in [0.2, 0.25) is 0 Å². The number of aromatic carboxylic acids is 1. The number of hydrogen-bond acceptors (Lipinski definition) is 3. The quantitative estimate of drug-likeness (QED) is 0.908. The van der Waals surface area contributed by atoms with Crippen LogP contribution in [-0.4, -0.2) is 23.5 Å². The van der Waals surface area contributed by atoms with Crippen LogP contribution in [-0.2, 0) is 0 Å². The molecule has 0 radical (unpaired) electrons. The highest BCUT2D eigenvalue weighted by Crippen LogP contribution is 2.33. The molecular weight excluding hydrogens is 253 g/mol. The Hall–Kier alpha value is -1.92. The minimum Gasteiger partial charge on any atom is -0.487 e. The summed E-state index contributed by atoms with van der Waals surface area (Å²) in [7, 11) is 0. The van der Waals surface area contributed by atoms with Gasteiger partial charge in [-0.3, -0.25) is 0 Å². The average molecular weight is 264 g/mol. The van der Waals surface area contributed by atoms with Gasteiger partial charge in [0.15, 0.2) is 11.5 Å². The van der Waals surface area contributed by atoms with Crippen LogP contribution in [0.25, 0.3) is 0 Å². The van der Waals surface area contributed by atoms with E-state index in [2.05, 4.69) is 4.74 Å². The van der Waals surface area contributed by atoms with Crippen molar-refractivity contribution >= 4 is 5.97 Å². The van der Waals surface area contributed by atoms with Gasteiger partial charge in [0.05, 0.1) is 11.7 Å². The van der Waals surface area contributed by atoms with Crippen molar-refractivity contribution < 1.29 is 32.5 Å². The Morgan fingerprint density at radius 1 is 1.28 bits per heavy atom. The van der Waals surface area contributed by atoms with Gasteiger partial charge in [0.25, 0.3) is 0 Å². The molecule has 0 unspecified atom stereocenters. The molecule has 0 aliphatic carbocycles. The number of hydrogen-bond donors (Lipinski definition) is 1. The minimum atomic E-state index is -4.86. The summed E-state index contributed by atoms with van der Waals surface area (Å²) in [5.74, 6) is -2.09. The molecule has 0 aliphatic heterocycles. The number of carbonyl (C=O) groups is 1. The third-order valence-electron chi connectivity index (χ3n) is 1.78. The lowest BCUT2D eigenvalue weighted by Gasteiger charge is -2.16. The molecule has 1 rings (SSSR count). The lowest BCUT2D eigenvalue weighted by atomic mass is 10.2. The molecule has 0 heterocycles. The van der Waals surface area contributed by atoms with Crippen molar-refractivity contribution in [2.45, 2.75) is 26.3 Å². The molecule has 0 amide bonds. The molecule has 1 N–H and O–H groups in total. The summed E-state index contributed by atoms with van der Waals surface area (Å²) in [5, 5.41) is 8.75. The molecule has 0 fully saturated rings. The maximum Gasteiger partial charge on any atom is 0.573 e. The number of alkyl halides is 3. The van der Waals surface area contributed by atoms with Crippen LogP contribution in [0.15, 0.2) is 18.2 Å². The summed E-state index contributed by atoms with van der Waals surface area (Å²) >= 11 is 0. The molecule has 0 atom stereocenters. The van der Waals surface area contributed by atoms with Gasteiger partial charge in [-0.05, 0) is 32.0 Å². The van der Waals surface area contributed by atoms with Crippen LogP contribution >= 0.6 is 0 Å². The van der Waals surface area contributed by atoms with E-state index in [1.807, 2.05) is 0 Å². The fraction of sp³-hybridized carbons (Fsp3) is 0.364. The molecule has 18 heavy (non-hydrogen) atoms. The fourth-order valence-electron chi connectivity index (χ4n) is 1.20. The number of halogens is 3. The first-order chi connectivity index (χ1) is 8.19. The maximum atomic E-state index is 12.1. The zero-order chi connectivity index (χ0) is 13.9. The molecular formula is C11H11F3O4. The lowest BCUT2D eigenvalue weighted by Crippen LogP contribution is -2.18. The molecule has 0 saturated heterocycles. The second kappa shape index (κ2) is 5.16. The topological polar surface area (TPSA) is 55.8 Å². The summed E-state index contributed by atoms with van der Waals surface area (Å²) in [6.45, 7) is 3.20. The summed E-state index contributed by atoms with van der Waals surface area (Å²) in [6.07, 6.45) is -5.27. The van der Waals surface area contributed by atoms with Crippen LogP contribution in [0.4, 0.5) is 13.2 Å². The van der Waals surface area contributed by atoms with Crippen molar-refractivity contribution in [3.05, 3.63) is 23.8 Å². The van der Waals surface area contributed by atoms with Crippen LogP contribution in [0, 0.1) is 0 Å². The number of ether oxygens (including phenoxy) is 2. The first-order valence-corrected chi connectivity index (χ1v) is 4.99. The molecule has 4 nitrogen and oxygen atoms in total. The molecule has 1 aromatic carbocycles. The van der Waals surface area contributed by atoms with E-state index in [1.54, 1.807) is 13.8 Å². The third kappa shape index (κ3) is 4.15. The Kier molecular flexibility index (Phi) is 4.05. The monoisotopic (exact) mass is 264 g/mol. The summed E-state index contributed by atoms with van der Waals surface area (Å²) in [5.41, 5.74) is -0.180. The fourth-order valence-corrected chi connectivity index (χ4v) is 1.20. The summed E-state index contributed by atoms with van der Waals surface area (Å²) < 4.78 is 45.2. The summed E-state index contributed by atoms with van der Waals surface area (Å²) in [4.78, 5) is 10.7. The third-order valence-corrected chi connectivity index (χ3v) is 1.78. The van der Waals surface area contributed by atoms with Gasteiger partial charge >= 0.3 is 12.3 Å². The van der Waals surface area contributed by atoms with Crippen LogP contribution in [0.5, 0.6) is 11.5 Å².